The van der Waals surface area contributed by atoms with Gasteiger partial charge in [-0.15, -0.1) is 53.6 Å². The van der Waals surface area contributed by atoms with Gasteiger partial charge in [0.05, 0.1) is 0 Å². The second-order valence-corrected chi connectivity index (χ2v) is 34.7. The second kappa shape index (κ2) is 41.4. The first-order chi connectivity index (χ1) is 11.4. The van der Waals surface area contributed by atoms with E-state index in [0.29, 0.717) is 21.9 Å². The van der Waals surface area contributed by atoms with Crippen molar-refractivity contribution in [2.45, 2.75) is 81.6 Å². The fraction of sp³-hybridized carbons (Fsp3) is 1.00. The highest BCUT2D eigenvalue weighted by molar-refractivity contribution is 8.62. The van der Waals surface area contributed by atoms with E-state index < -0.39 is 0 Å². The molecule has 27 heavy (non-hydrogen) atoms. The minimum absolute atomic E-state index is 0. The van der Waals surface area contributed by atoms with E-state index in [4.69, 9.17) is 0 Å². The lowest BCUT2D eigenvalue weighted by Crippen LogP contribution is -1.74. The van der Waals surface area contributed by atoms with Gasteiger partial charge in [0.25, 0.3) is 0 Å². The Morgan fingerprint density at radius 3 is 1.11 bits per heavy atom. The average Bonchev–Trinajstić information content (AvgIpc) is 2.60. The molecule has 0 aliphatic carbocycles. The largest absolute Gasteiger partial charge is 0.110 e. The summed E-state index contributed by atoms with van der Waals surface area (Å²) in [6, 6.07) is 0. The summed E-state index contributed by atoms with van der Waals surface area (Å²) < 4.78 is 0. The molecular weight excluding hydrogens is 552 g/mol. The van der Waals surface area contributed by atoms with Gasteiger partial charge in [0, 0.05) is 0 Å². The summed E-state index contributed by atoms with van der Waals surface area (Å²) >= 11 is 0. The second-order valence-electron chi connectivity index (χ2n) is 5.03. The number of hydrogen-bond donors (Lipinski definition) is 0. The summed E-state index contributed by atoms with van der Waals surface area (Å²) in [7, 11) is 21.5. The molecule has 0 spiro atoms. The van der Waals surface area contributed by atoms with Gasteiger partial charge in [-0.1, -0.05) is 115 Å². The van der Waals surface area contributed by atoms with Crippen LogP contribution in [0.4, 0.5) is 0 Å². The summed E-state index contributed by atoms with van der Waals surface area (Å²) in [6.45, 7) is 6.75. The smallest absolute Gasteiger partial charge is 0.0252 e. The molecule has 0 N–H and O–H groups in total. The van der Waals surface area contributed by atoms with Crippen LogP contribution in [0.2, 0.25) is 0 Å². The highest BCUT2D eigenvalue weighted by atomic mass is 32.6. The Balaban J connectivity index is -0.0000000584. The third-order valence-corrected chi connectivity index (χ3v) is 34.6. The van der Waals surface area contributed by atoms with Crippen LogP contribution in [0, 0.1) is 0 Å². The molecule has 0 saturated heterocycles. The van der Waals surface area contributed by atoms with E-state index in [0.717, 1.165) is 23.9 Å². The van der Waals surface area contributed by atoms with Crippen LogP contribution in [0.3, 0.4) is 0 Å². The molecule has 0 amide bonds. The van der Waals surface area contributed by atoms with Crippen molar-refractivity contribution in [3.63, 3.8) is 0 Å². The molecule has 0 nitrogen and oxygen atoms in total. The Hall–Kier alpha value is 5.16. The quantitative estimate of drug-likeness (QED) is 0.153. The Kier molecular flexibility index (Phi) is 70.0. The molecule has 0 radical (unpaired) electrons. The van der Waals surface area contributed by atoms with Crippen molar-refractivity contribution in [2.75, 3.05) is 18.5 Å². The zero-order valence-electron chi connectivity index (χ0n) is 15.7. The van der Waals surface area contributed by atoms with Crippen LogP contribution in [-0.4, -0.2) is 18.5 Å². The van der Waals surface area contributed by atoms with Gasteiger partial charge in [0.2, 0.25) is 0 Å². The molecule has 0 aromatic rings. The molecule has 0 aliphatic rings. The van der Waals surface area contributed by atoms with Crippen LogP contribution in [-0.2, 0) is 0 Å². The molecular formula is C15H54P12. The van der Waals surface area contributed by atoms with E-state index in [1.807, 2.05) is 0 Å². The fourth-order valence-electron chi connectivity index (χ4n) is 1.30. The molecule has 0 bridgehead atoms. The van der Waals surface area contributed by atoms with Crippen LogP contribution >= 0.6 is 99.3 Å². The summed E-state index contributed by atoms with van der Waals surface area (Å²) in [5, 5.41) is 0. The van der Waals surface area contributed by atoms with Gasteiger partial charge < -0.3 is 0 Å². The third kappa shape index (κ3) is 49.4. The molecule has 0 saturated carbocycles. The van der Waals surface area contributed by atoms with Gasteiger partial charge >= 0.3 is 0 Å². The molecule has 0 aromatic carbocycles. The standard InChI is InChI=1S/C5H16P4.C4H14P4.C3H12P4.3CH4/c1-2-3-4-5-9(7)8-6;1-2-3-4-8(6)7-5;1-2-3-7(5)6-4;;;/h8H,2-7H2,1H3;7H,2-6H2,1H3;6H,2-5H2,1H3;3*1H4. The van der Waals surface area contributed by atoms with Crippen LogP contribution < -0.4 is 0 Å². The lowest BCUT2D eigenvalue weighted by atomic mass is 10.3. The number of hydrogen-bond acceptors (Lipinski definition) is 0. The molecule has 12 atom stereocenters. The van der Waals surface area contributed by atoms with E-state index in [1.165, 1.54) is 57.0 Å². The topological polar surface area (TPSA) is 0 Å². The Morgan fingerprint density at radius 1 is 0.519 bits per heavy atom. The highest BCUT2D eigenvalue weighted by Crippen LogP contribution is 2.67. The van der Waals surface area contributed by atoms with Gasteiger partial charge in [-0.05, 0) is 31.3 Å². The maximum Gasteiger partial charge on any atom is -0.0252 e. The van der Waals surface area contributed by atoms with Gasteiger partial charge in [0.15, 0.2) is 0 Å². The Morgan fingerprint density at radius 2 is 0.852 bits per heavy atom. The highest BCUT2D eigenvalue weighted by Gasteiger charge is 1.95. The van der Waals surface area contributed by atoms with Crippen molar-refractivity contribution in [1.29, 1.82) is 0 Å². The van der Waals surface area contributed by atoms with Crippen LogP contribution in [0.1, 0.15) is 81.6 Å². The summed E-state index contributed by atoms with van der Waals surface area (Å²) in [4.78, 5) is 0. The first-order valence-corrected chi connectivity index (χ1v) is 28.8. The van der Waals surface area contributed by atoms with Crippen molar-refractivity contribution in [3.05, 3.63) is 0 Å². The predicted molar refractivity (Wildman–Crippen MR) is 183 cm³/mol. The third-order valence-electron chi connectivity index (χ3n) is 2.72. The molecule has 174 valence electrons. The normalized spacial score (nSPS) is 13.7. The van der Waals surface area contributed by atoms with Crippen LogP contribution in [0.15, 0.2) is 0 Å². The summed E-state index contributed by atoms with van der Waals surface area (Å²) in [6.07, 6.45) is 12.6. The first kappa shape index (κ1) is 45.6. The maximum atomic E-state index is 2.96. The van der Waals surface area contributed by atoms with E-state index in [1.54, 1.807) is 0 Å². The molecule has 12 heteroatoms. The van der Waals surface area contributed by atoms with Crippen molar-refractivity contribution >= 4 is 99.3 Å². The molecule has 12 unspecified atom stereocenters. The Labute approximate surface area is 198 Å². The molecule has 0 aromatic heterocycles. The SMILES string of the molecule is C.C.C.CCCCCP(P)PP.CCCCP(P)PP.CCCP(P)PP. The van der Waals surface area contributed by atoms with Gasteiger partial charge in [-0.2, -0.15) is 0 Å². The van der Waals surface area contributed by atoms with Gasteiger partial charge in [-0.25, -0.2) is 0 Å². The number of rotatable bonds is 12. The van der Waals surface area contributed by atoms with Crippen molar-refractivity contribution in [1.82, 2.24) is 0 Å². The van der Waals surface area contributed by atoms with Crippen LogP contribution in [0.5, 0.6) is 0 Å². The predicted octanol–water partition coefficient (Wildman–Crippen LogP) is 12.2. The zero-order chi connectivity index (χ0) is 19.2. The lowest BCUT2D eigenvalue weighted by Gasteiger charge is -2.06. The minimum Gasteiger partial charge on any atom is -0.110 e. The minimum atomic E-state index is 0. The zero-order valence-corrected chi connectivity index (χ0v) is 28.3. The molecule has 0 rings (SSSR count). The number of unbranched alkanes of at least 4 members (excludes halogenated alkanes) is 3. The monoisotopic (exact) mass is 606 g/mol. The Bertz CT molecular complexity index is 211. The van der Waals surface area contributed by atoms with Crippen LogP contribution in [0.25, 0.3) is 0 Å². The van der Waals surface area contributed by atoms with Gasteiger partial charge in [-0.3, -0.25) is 0 Å². The fourth-order valence-corrected chi connectivity index (χ4v) is 11.5. The van der Waals surface area contributed by atoms with E-state index in [-0.39, 0.29) is 22.3 Å². The summed E-state index contributed by atoms with van der Waals surface area (Å²) in [5.41, 5.74) is 0. The van der Waals surface area contributed by atoms with E-state index in [2.05, 4.69) is 74.3 Å². The molecule has 0 fully saturated rings. The van der Waals surface area contributed by atoms with Crippen molar-refractivity contribution < 1.29 is 0 Å². The van der Waals surface area contributed by atoms with Crippen molar-refractivity contribution in [3.8, 4) is 0 Å². The van der Waals surface area contributed by atoms with E-state index in [9.17, 15) is 0 Å². The van der Waals surface area contributed by atoms with Gasteiger partial charge in [0.1, 0.15) is 0 Å². The molecule has 0 heterocycles. The van der Waals surface area contributed by atoms with E-state index >= 15 is 0 Å². The average molecular weight is 606 g/mol. The molecule has 0 aliphatic heterocycles. The first-order valence-electron chi connectivity index (χ1n) is 8.38. The lowest BCUT2D eigenvalue weighted by molar-refractivity contribution is 0.778. The maximum absolute atomic E-state index is 2.96. The van der Waals surface area contributed by atoms with Crippen molar-refractivity contribution in [2.24, 2.45) is 0 Å². The summed E-state index contributed by atoms with van der Waals surface area (Å²) in [5.74, 6) is 0.